The minimum atomic E-state index is -0.145. The Morgan fingerprint density at radius 2 is 1.74 bits per heavy atom. The number of hydrogen-bond donors (Lipinski definition) is 1. The number of carbonyl (C=O) groups is 2. The zero-order valence-electron chi connectivity index (χ0n) is 15.8. The number of morpholine rings is 1. The molecule has 2 amide bonds. The van der Waals surface area contributed by atoms with Crippen molar-refractivity contribution in [3.63, 3.8) is 0 Å². The second-order valence-electron chi connectivity index (χ2n) is 7.91. The molecule has 0 aromatic heterocycles. The predicted molar refractivity (Wildman–Crippen MR) is 108 cm³/mol. The molecule has 4 aliphatic heterocycles. The SMILES string of the molecule is Cl.Cl.O=C1CC(C(=O)N2CCC3CCC(C2)N3)CN1CCN1CCOCC1. The van der Waals surface area contributed by atoms with E-state index in [0.717, 1.165) is 58.9 Å². The summed E-state index contributed by atoms with van der Waals surface area (Å²) in [5, 5.41) is 3.62. The van der Waals surface area contributed by atoms with E-state index in [1.165, 1.54) is 12.8 Å². The number of carbonyl (C=O) groups excluding carboxylic acids is 2. The summed E-state index contributed by atoms with van der Waals surface area (Å²) in [6, 6.07) is 1.03. The fourth-order valence-electron chi connectivity index (χ4n) is 4.64. The number of ether oxygens (including phenoxy) is 1. The molecule has 9 heteroatoms. The molecule has 7 nitrogen and oxygen atoms in total. The van der Waals surface area contributed by atoms with E-state index >= 15 is 0 Å². The molecule has 4 fully saturated rings. The molecule has 156 valence electrons. The minimum Gasteiger partial charge on any atom is -0.379 e. The van der Waals surface area contributed by atoms with Gasteiger partial charge in [0.1, 0.15) is 0 Å². The number of likely N-dealkylation sites (tertiary alicyclic amines) is 2. The van der Waals surface area contributed by atoms with Gasteiger partial charge in [0.25, 0.3) is 0 Å². The largest absolute Gasteiger partial charge is 0.379 e. The van der Waals surface area contributed by atoms with E-state index in [1.807, 2.05) is 9.80 Å². The van der Waals surface area contributed by atoms with Gasteiger partial charge in [-0.05, 0) is 19.3 Å². The first-order valence-electron chi connectivity index (χ1n) is 9.82. The van der Waals surface area contributed by atoms with Crippen LogP contribution in [0.1, 0.15) is 25.7 Å². The fraction of sp³-hybridized carbons (Fsp3) is 0.889. The molecule has 0 spiro atoms. The molecule has 0 radical (unpaired) electrons. The lowest BCUT2D eigenvalue weighted by atomic mass is 10.0. The molecule has 4 heterocycles. The Morgan fingerprint density at radius 1 is 1.00 bits per heavy atom. The van der Waals surface area contributed by atoms with Crippen LogP contribution in [0.15, 0.2) is 0 Å². The highest BCUT2D eigenvalue weighted by Crippen LogP contribution is 2.25. The Labute approximate surface area is 173 Å². The average Bonchev–Trinajstić information content (AvgIpc) is 3.15. The van der Waals surface area contributed by atoms with Crippen LogP contribution < -0.4 is 5.32 Å². The number of nitrogens with zero attached hydrogens (tertiary/aromatic N) is 3. The third kappa shape index (κ3) is 5.48. The lowest BCUT2D eigenvalue weighted by Gasteiger charge is -2.29. The van der Waals surface area contributed by atoms with Gasteiger partial charge in [0.2, 0.25) is 11.8 Å². The van der Waals surface area contributed by atoms with Crippen molar-refractivity contribution >= 4 is 36.6 Å². The van der Waals surface area contributed by atoms with Crippen molar-refractivity contribution in [2.45, 2.75) is 37.8 Å². The zero-order valence-corrected chi connectivity index (χ0v) is 17.4. The van der Waals surface area contributed by atoms with E-state index in [0.29, 0.717) is 25.0 Å². The highest BCUT2D eigenvalue weighted by atomic mass is 35.5. The van der Waals surface area contributed by atoms with Crippen molar-refractivity contribution in [3.8, 4) is 0 Å². The summed E-state index contributed by atoms with van der Waals surface area (Å²) in [6.45, 7) is 7.30. The summed E-state index contributed by atoms with van der Waals surface area (Å²) < 4.78 is 5.36. The van der Waals surface area contributed by atoms with Crippen molar-refractivity contribution in [2.24, 2.45) is 5.92 Å². The molecule has 0 aliphatic carbocycles. The van der Waals surface area contributed by atoms with Gasteiger partial charge in [0.05, 0.1) is 19.1 Å². The second-order valence-corrected chi connectivity index (χ2v) is 7.91. The normalized spacial score (nSPS) is 31.3. The summed E-state index contributed by atoms with van der Waals surface area (Å²) >= 11 is 0. The molecule has 4 saturated heterocycles. The molecule has 3 unspecified atom stereocenters. The molecule has 4 rings (SSSR count). The highest BCUT2D eigenvalue weighted by molar-refractivity contribution is 5.89. The monoisotopic (exact) mass is 422 g/mol. The van der Waals surface area contributed by atoms with Crippen molar-refractivity contribution in [3.05, 3.63) is 0 Å². The van der Waals surface area contributed by atoms with Gasteiger partial charge in [-0.1, -0.05) is 0 Å². The van der Waals surface area contributed by atoms with E-state index < -0.39 is 0 Å². The van der Waals surface area contributed by atoms with Gasteiger partial charge in [-0.25, -0.2) is 0 Å². The maximum atomic E-state index is 12.9. The maximum Gasteiger partial charge on any atom is 0.228 e. The molecular weight excluding hydrogens is 391 g/mol. The topological polar surface area (TPSA) is 65.1 Å². The third-order valence-electron chi connectivity index (χ3n) is 6.19. The van der Waals surface area contributed by atoms with E-state index in [4.69, 9.17) is 4.74 Å². The van der Waals surface area contributed by atoms with E-state index in [9.17, 15) is 9.59 Å². The van der Waals surface area contributed by atoms with Gasteiger partial charge < -0.3 is 19.9 Å². The fourth-order valence-corrected chi connectivity index (χ4v) is 4.64. The van der Waals surface area contributed by atoms with E-state index in [1.54, 1.807) is 0 Å². The summed E-state index contributed by atoms with van der Waals surface area (Å²) in [7, 11) is 0. The number of halogens is 2. The molecule has 0 aromatic carbocycles. The summed E-state index contributed by atoms with van der Waals surface area (Å²) in [6.07, 6.45) is 3.84. The number of nitrogens with one attached hydrogen (secondary N) is 1. The van der Waals surface area contributed by atoms with Crippen LogP contribution in [0.2, 0.25) is 0 Å². The van der Waals surface area contributed by atoms with Gasteiger partial charge >= 0.3 is 0 Å². The lowest BCUT2D eigenvalue weighted by molar-refractivity contribution is -0.136. The van der Waals surface area contributed by atoms with Gasteiger partial charge in [-0.3, -0.25) is 14.5 Å². The first kappa shape index (κ1) is 22.7. The first-order valence-corrected chi connectivity index (χ1v) is 9.82. The first-order chi connectivity index (χ1) is 12.2. The van der Waals surface area contributed by atoms with E-state index in [-0.39, 0.29) is 42.5 Å². The van der Waals surface area contributed by atoms with Crippen molar-refractivity contribution in [1.82, 2.24) is 20.0 Å². The van der Waals surface area contributed by atoms with Crippen LogP contribution in [-0.4, -0.2) is 97.6 Å². The minimum absolute atomic E-state index is 0. The van der Waals surface area contributed by atoms with Crippen LogP contribution in [0, 0.1) is 5.92 Å². The molecular formula is C18H32Cl2N4O3. The molecule has 1 N–H and O–H groups in total. The molecule has 27 heavy (non-hydrogen) atoms. The smallest absolute Gasteiger partial charge is 0.228 e. The third-order valence-corrected chi connectivity index (χ3v) is 6.19. The van der Waals surface area contributed by atoms with Crippen LogP contribution in [0.4, 0.5) is 0 Å². The van der Waals surface area contributed by atoms with Gasteiger partial charge in [-0.15, -0.1) is 24.8 Å². The molecule has 2 bridgehead atoms. The van der Waals surface area contributed by atoms with Crippen LogP contribution in [-0.2, 0) is 14.3 Å². The van der Waals surface area contributed by atoms with Gasteiger partial charge in [-0.2, -0.15) is 0 Å². The Bertz CT molecular complexity index is 519. The summed E-state index contributed by atoms with van der Waals surface area (Å²) in [4.78, 5) is 31.5. The standard InChI is InChI=1S/C18H30N4O3.2ClH/c23-17-11-14(12-21(17)6-5-20-7-9-25-10-8-20)18(24)22-4-3-15-1-2-16(13-22)19-15;;/h14-16,19H,1-13H2;2*1H. The van der Waals surface area contributed by atoms with E-state index in [2.05, 4.69) is 10.2 Å². The van der Waals surface area contributed by atoms with Gasteiger partial charge in [0.15, 0.2) is 0 Å². The summed E-state index contributed by atoms with van der Waals surface area (Å²) in [5.74, 6) is 0.187. The number of fused-ring (bicyclic) bond motifs is 2. The number of rotatable bonds is 4. The second kappa shape index (κ2) is 10.3. The predicted octanol–water partition coefficient (Wildman–Crippen LogP) is 0.364. The molecule has 0 aromatic rings. The average molecular weight is 423 g/mol. The Hall–Kier alpha value is -0.600. The van der Waals surface area contributed by atoms with Crippen LogP contribution in [0.5, 0.6) is 0 Å². The summed E-state index contributed by atoms with van der Waals surface area (Å²) in [5.41, 5.74) is 0. The van der Waals surface area contributed by atoms with Crippen LogP contribution in [0.3, 0.4) is 0 Å². The molecule has 0 saturated carbocycles. The van der Waals surface area contributed by atoms with Crippen LogP contribution >= 0.6 is 24.8 Å². The quantitative estimate of drug-likeness (QED) is 0.708. The molecule has 3 atom stereocenters. The zero-order chi connectivity index (χ0) is 17.2. The van der Waals surface area contributed by atoms with Crippen molar-refractivity contribution in [2.75, 3.05) is 59.0 Å². The number of amides is 2. The highest BCUT2D eigenvalue weighted by Gasteiger charge is 2.39. The Kier molecular flexibility index (Phi) is 8.62. The Balaban J connectivity index is 0.00000131. The van der Waals surface area contributed by atoms with Gasteiger partial charge in [0, 0.05) is 64.3 Å². The Morgan fingerprint density at radius 3 is 2.52 bits per heavy atom. The number of hydrogen-bond acceptors (Lipinski definition) is 5. The maximum absolute atomic E-state index is 12.9. The lowest BCUT2D eigenvalue weighted by Crippen LogP contribution is -2.43. The van der Waals surface area contributed by atoms with Crippen molar-refractivity contribution < 1.29 is 14.3 Å². The van der Waals surface area contributed by atoms with Crippen LogP contribution in [0.25, 0.3) is 0 Å². The molecule has 4 aliphatic rings. The van der Waals surface area contributed by atoms with Crippen molar-refractivity contribution in [1.29, 1.82) is 0 Å².